The van der Waals surface area contributed by atoms with Gasteiger partial charge in [0.1, 0.15) is 0 Å². The Hall–Kier alpha value is -1.24. The van der Waals surface area contributed by atoms with Gasteiger partial charge in [-0.25, -0.2) is 0 Å². The number of ether oxygens (including phenoxy) is 1. The molecule has 0 aliphatic heterocycles. The van der Waals surface area contributed by atoms with Crippen LogP contribution in [-0.4, -0.2) is 33.1 Å². The number of rotatable bonds is 5. The van der Waals surface area contributed by atoms with E-state index in [-0.39, 0.29) is 11.7 Å². The molecule has 0 aliphatic carbocycles. The minimum atomic E-state index is -0.258. The van der Waals surface area contributed by atoms with Crippen molar-refractivity contribution in [3.8, 4) is 0 Å². The van der Waals surface area contributed by atoms with Crippen LogP contribution in [0.2, 0.25) is 0 Å². The van der Waals surface area contributed by atoms with Crippen LogP contribution in [0.4, 0.5) is 5.95 Å². The van der Waals surface area contributed by atoms with Crippen LogP contribution in [0, 0.1) is 0 Å². The van der Waals surface area contributed by atoms with Gasteiger partial charge < -0.3 is 10.5 Å². The van der Waals surface area contributed by atoms with Gasteiger partial charge in [0.25, 0.3) is 0 Å². The normalized spacial score (nSPS) is 10.3. The summed E-state index contributed by atoms with van der Waals surface area (Å²) in [7, 11) is 0. The zero-order chi connectivity index (χ0) is 11.3. The number of nitrogens with zero attached hydrogens (tertiary/aromatic N) is 3. The molecule has 84 valence electrons. The van der Waals surface area contributed by atoms with E-state index in [0.29, 0.717) is 24.3 Å². The van der Waals surface area contributed by atoms with Crippen LogP contribution >= 0.6 is 11.8 Å². The maximum Gasteiger partial charge on any atom is 0.316 e. The Balaban J connectivity index is 2.53. The Labute approximate surface area is 92.2 Å². The quantitative estimate of drug-likeness (QED) is 0.587. The van der Waals surface area contributed by atoms with E-state index in [1.54, 1.807) is 11.5 Å². The Morgan fingerprint density at radius 2 is 2.27 bits per heavy atom. The summed E-state index contributed by atoms with van der Waals surface area (Å²) in [6.45, 7) is 4.79. The number of aromatic nitrogens is 3. The van der Waals surface area contributed by atoms with Gasteiger partial charge in [-0.3, -0.25) is 9.36 Å². The van der Waals surface area contributed by atoms with Crippen molar-refractivity contribution in [2.45, 2.75) is 25.5 Å². The van der Waals surface area contributed by atoms with Crippen molar-refractivity contribution < 1.29 is 9.53 Å². The van der Waals surface area contributed by atoms with Crippen LogP contribution in [0.1, 0.15) is 13.8 Å². The number of nitrogen functional groups attached to an aromatic ring is 1. The molecule has 1 rings (SSSR count). The SMILES string of the molecule is CCOC(=O)CSc1nnc(N)n1CC. The fraction of sp³-hybridized carbons (Fsp3) is 0.625. The summed E-state index contributed by atoms with van der Waals surface area (Å²) in [5.74, 6) is 0.335. The maximum atomic E-state index is 11.1. The molecule has 0 saturated heterocycles. The van der Waals surface area contributed by atoms with Crippen molar-refractivity contribution in [1.29, 1.82) is 0 Å². The molecule has 0 radical (unpaired) electrons. The first-order chi connectivity index (χ1) is 7.19. The molecule has 0 aliphatic rings. The standard InChI is InChI=1S/C8H14N4O2S/c1-3-12-7(9)10-11-8(12)15-5-6(13)14-4-2/h3-5H2,1-2H3,(H2,9,10). The van der Waals surface area contributed by atoms with E-state index in [0.717, 1.165) is 0 Å². The summed E-state index contributed by atoms with van der Waals surface area (Å²) in [4.78, 5) is 11.1. The van der Waals surface area contributed by atoms with Gasteiger partial charge in [-0.1, -0.05) is 11.8 Å². The average Bonchev–Trinajstić information content (AvgIpc) is 2.56. The number of anilines is 1. The fourth-order valence-electron chi connectivity index (χ4n) is 1.03. The van der Waals surface area contributed by atoms with Crippen molar-refractivity contribution in [1.82, 2.24) is 14.8 Å². The molecular formula is C8H14N4O2S. The van der Waals surface area contributed by atoms with Crippen molar-refractivity contribution in [2.24, 2.45) is 0 Å². The summed E-state index contributed by atoms with van der Waals surface area (Å²) in [5, 5.41) is 8.23. The highest BCUT2D eigenvalue weighted by Gasteiger charge is 2.10. The predicted molar refractivity (Wildman–Crippen MR) is 57.5 cm³/mol. The topological polar surface area (TPSA) is 83.0 Å². The molecule has 1 aromatic heterocycles. The Bertz CT molecular complexity index is 339. The summed E-state index contributed by atoms with van der Waals surface area (Å²) in [5.41, 5.74) is 5.58. The largest absolute Gasteiger partial charge is 0.465 e. The lowest BCUT2D eigenvalue weighted by Crippen LogP contribution is -2.08. The first kappa shape index (κ1) is 11.8. The van der Waals surface area contributed by atoms with Gasteiger partial charge in [-0.15, -0.1) is 10.2 Å². The minimum absolute atomic E-state index is 0.228. The number of hydrogen-bond donors (Lipinski definition) is 1. The number of nitrogens with two attached hydrogens (primary N) is 1. The fourth-order valence-corrected chi connectivity index (χ4v) is 1.84. The number of carbonyl (C=O) groups excluding carboxylic acids is 1. The molecular weight excluding hydrogens is 216 g/mol. The molecule has 6 nitrogen and oxygen atoms in total. The third kappa shape index (κ3) is 3.12. The monoisotopic (exact) mass is 230 g/mol. The van der Waals surface area contributed by atoms with Crippen LogP contribution in [0.25, 0.3) is 0 Å². The molecule has 0 amide bonds. The second kappa shape index (κ2) is 5.59. The van der Waals surface area contributed by atoms with E-state index in [1.807, 2.05) is 6.92 Å². The van der Waals surface area contributed by atoms with Crippen LogP contribution in [0.3, 0.4) is 0 Å². The van der Waals surface area contributed by atoms with E-state index >= 15 is 0 Å². The molecule has 0 spiro atoms. The van der Waals surface area contributed by atoms with Crippen molar-refractivity contribution in [2.75, 3.05) is 18.1 Å². The van der Waals surface area contributed by atoms with Gasteiger partial charge >= 0.3 is 5.97 Å². The predicted octanol–water partition coefficient (Wildman–Crippen LogP) is 0.535. The van der Waals surface area contributed by atoms with E-state index in [2.05, 4.69) is 10.2 Å². The summed E-state index contributed by atoms with van der Waals surface area (Å²) in [6, 6.07) is 0. The molecule has 0 fully saturated rings. The number of esters is 1. The van der Waals surface area contributed by atoms with Crippen molar-refractivity contribution in [3.05, 3.63) is 0 Å². The highest BCUT2D eigenvalue weighted by Crippen LogP contribution is 2.17. The van der Waals surface area contributed by atoms with Crippen LogP contribution in [0.15, 0.2) is 5.16 Å². The van der Waals surface area contributed by atoms with E-state index < -0.39 is 0 Å². The highest BCUT2D eigenvalue weighted by molar-refractivity contribution is 7.99. The number of thioether (sulfide) groups is 1. The molecule has 0 bridgehead atoms. The second-order valence-corrected chi connectivity index (χ2v) is 3.62. The lowest BCUT2D eigenvalue weighted by Gasteiger charge is -2.03. The van der Waals surface area contributed by atoms with Crippen LogP contribution in [0.5, 0.6) is 0 Å². The maximum absolute atomic E-state index is 11.1. The Morgan fingerprint density at radius 1 is 1.53 bits per heavy atom. The zero-order valence-corrected chi connectivity index (χ0v) is 9.58. The van der Waals surface area contributed by atoms with Gasteiger partial charge in [0.2, 0.25) is 5.95 Å². The second-order valence-electron chi connectivity index (χ2n) is 2.68. The van der Waals surface area contributed by atoms with E-state index in [4.69, 9.17) is 10.5 Å². The van der Waals surface area contributed by atoms with Crippen LogP contribution < -0.4 is 5.73 Å². The molecule has 2 N–H and O–H groups in total. The molecule has 1 aromatic rings. The average molecular weight is 230 g/mol. The summed E-state index contributed by atoms with van der Waals surface area (Å²) < 4.78 is 6.54. The summed E-state index contributed by atoms with van der Waals surface area (Å²) >= 11 is 1.28. The third-order valence-corrected chi connectivity index (χ3v) is 2.63. The van der Waals surface area contributed by atoms with Gasteiger partial charge in [0.15, 0.2) is 5.16 Å². The first-order valence-electron chi connectivity index (χ1n) is 4.66. The van der Waals surface area contributed by atoms with Gasteiger partial charge in [0.05, 0.1) is 12.4 Å². The minimum Gasteiger partial charge on any atom is -0.465 e. The molecule has 0 atom stereocenters. The van der Waals surface area contributed by atoms with E-state index in [1.165, 1.54) is 11.8 Å². The lowest BCUT2D eigenvalue weighted by molar-refractivity contribution is -0.139. The molecule has 0 unspecified atom stereocenters. The first-order valence-corrected chi connectivity index (χ1v) is 5.64. The van der Waals surface area contributed by atoms with Gasteiger partial charge in [-0.05, 0) is 13.8 Å². The van der Waals surface area contributed by atoms with Crippen molar-refractivity contribution in [3.63, 3.8) is 0 Å². The Morgan fingerprint density at radius 3 is 2.87 bits per heavy atom. The molecule has 1 heterocycles. The van der Waals surface area contributed by atoms with Crippen molar-refractivity contribution >= 4 is 23.7 Å². The van der Waals surface area contributed by atoms with E-state index in [9.17, 15) is 4.79 Å². The summed E-state index contributed by atoms with van der Waals surface area (Å²) in [6.07, 6.45) is 0. The Kier molecular flexibility index (Phi) is 4.41. The highest BCUT2D eigenvalue weighted by atomic mass is 32.2. The van der Waals surface area contributed by atoms with Gasteiger partial charge in [0, 0.05) is 6.54 Å². The van der Waals surface area contributed by atoms with Gasteiger partial charge in [-0.2, -0.15) is 0 Å². The molecule has 7 heteroatoms. The third-order valence-electron chi connectivity index (χ3n) is 1.69. The smallest absolute Gasteiger partial charge is 0.316 e. The lowest BCUT2D eigenvalue weighted by atomic mass is 10.7. The molecule has 0 aromatic carbocycles. The molecule has 0 saturated carbocycles. The zero-order valence-electron chi connectivity index (χ0n) is 8.77. The van der Waals surface area contributed by atoms with Crippen LogP contribution in [-0.2, 0) is 16.1 Å². The molecule has 15 heavy (non-hydrogen) atoms. The number of hydrogen-bond acceptors (Lipinski definition) is 6. The number of carbonyl (C=O) groups is 1.